The van der Waals surface area contributed by atoms with Crippen LogP contribution in [0, 0.1) is 0 Å². The smallest absolute Gasteiger partial charge is 0.406 e. The molecule has 0 bridgehead atoms. The molecule has 0 saturated heterocycles. The average Bonchev–Trinajstić information content (AvgIpc) is 2.18. The van der Waals surface area contributed by atoms with Gasteiger partial charge in [0.25, 0.3) is 5.56 Å². The number of carbonyl (C=O) groups is 1. The van der Waals surface area contributed by atoms with E-state index in [2.05, 4.69) is 4.74 Å². The second-order valence-electron chi connectivity index (χ2n) is 3.12. The van der Waals surface area contributed by atoms with Crippen LogP contribution < -0.4 is 10.3 Å². The highest BCUT2D eigenvalue weighted by Gasteiger charge is 2.29. The number of aromatic nitrogens is 1. The number of hydrogen-bond acceptors (Lipinski definition) is 3. The van der Waals surface area contributed by atoms with Crippen molar-refractivity contribution in [1.29, 1.82) is 0 Å². The number of carboxylic acid groups (broad SMARTS) is 1. The highest BCUT2D eigenvalue weighted by molar-refractivity contribution is 5.90. The van der Waals surface area contributed by atoms with E-state index in [4.69, 9.17) is 5.11 Å². The van der Waals surface area contributed by atoms with E-state index in [-0.39, 0.29) is 0 Å². The maximum Gasteiger partial charge on any atom is 0.406 e. The normalized spacial score (nSPS) is 11.3. The lowest BCUT2D eigenvalue weighted by Gasteiger charge is -2.11. The molecule has 1 aromatic heterocycles. The van der Waals surface area contributed by atoms with Gasteiger partial charge in [-0.2, -0.15) is 13.2 Å². The van der Waals surface area contributed by atoms with Crippen molar-refractivity contribution in [3.05, 3.63) is 28.2 Å². The number of carboxylic acids is 1. The molecular formula is C9H8F3NO4. The summed E-state index contributed by atoms with van der Waals surface area (Å²) in [5.74, 6) is -2.07. The van der Waals surface area contributed by atoms with Crippen molar-refractivity contribution in [1.82, 2.24) is 4.57 Å². The van der Waals surface area contributed by atoms with Crippen molar-refractivity contribution in [3.8, 4) is 5.75 Å². The minimum atomic E-state index is -4.57. The molecule has 1 heterocycles. The van der Waals surface area contributed by atoms with E-state index < -0.39 is 35.6 Å². The van der Waals surface area contributed by atoms with Gasteiger partial charge in [0.05, 0.1) is 7.11 Å². The zero-order valence-electron chi connectivity index (χ0n) is 8.61. The Hall–Kier alpha value is -1.99. The fraction of sp³-hybridized carbons (Fsp3) is 0.333. The fourth-order valence-electron chi connectivity index (χ4n) is 1.24. The Bertz CT molecular complexity index is 492. The first-order chi connectivity index (χ1) is 7.76. The summed E-state index contributed by atoms with van der Waals surface area (Å²) < 4.78 is 41.1. The molecule has 0 unspecified atom stereocenters. The van der Waals surface area contributed by atoms with E-state index in [9.17, 15) is 22.8 Å². The molecule has 0 amide bonds. The second-order valence-corrected chi connectivity index (χ2v) is 3.12. The van der Waals surface area contributed by atoms with E-state index >= 15 is 0 Å². The number of nitrogens with zero attached hydrogens (tertiary/aromatic N) is 1. The van der Waals surface area contributed by atoms with Crippen LogP contribution in [0.3, 0.4) is 0 Å². The van der Waals surface area contributed by atoms with Crippen molar-refractivity contribution >= 4 is 5.97 Å². The van der Waals surface area contributed by atoms with Crippen LogP contribution in [-0.4, -0.2) is 28.9 Å². The summed E-state index contributed by atoms with van der Waals surface area (Å²) in [6.07, 6.45) is -3.80. The molecule has 0 saturated carbocycles. The number of hydrogen-bond donors (Lipinski definition) is 1. The largest absolute Gasteiger partial charge is 0.490 e. The third-order valence-corrected chi connectivity index (χ3v) is 1.91. The Morgan fingerprint density at radius 1 is 1.53 bits per heavy atom. The minimum Gasteiger partial charge on any atom is -0.490 e. The third kappa shape index (κ3) is 2.99. The zero-order chi connectivity index (χ0) is 13.2. The number of methoxy groups -OCH3 is 1. The maximum absolute atomic E-state index is 12.1. The number of aromatic carboxylic acids is 1. The van der Waals surface area contributed by atoms with Crippen molar-refractivity contribution in [2.45, 2.75) is 12.7 Å². The Balaban J connectivity index is 3.31. The first-order valence-corrected chi connectivity index (χ1v) is 4.33. The van der Waals surface area contributed by atoms with Crippen LogP contribution in [0.15, 0.2) is 17.1 Å². The van der Waals surface area contributed by atoms with Crippen LogP contribution in [0.25, 0.3) is 0 Å². The minimum absolute atomic E-state index is 0.339. The maximum atomic E-state index is 12.1. The van der Waals surface area contributed by atoms with Crippen LogP contribution in [0.5, 0.6) is 5.75 Å². The summed E-state index contributed by atoms with van der Waals surface area (Å²) in [5.41, 5.74) is -1.61. The van der Waals surface area contributed by atoms with Crippen LogP contribution in [0.2, 0.25) is 0 Å². The molecule has 0 radical (unpaired) electrons. The van der Waals surface area contributed by atoms with Gasteiger partial charge in [-0.15, -0.1) is 0 Å². The fourth-order valence-corrected chi connectivity index (χ4v) is 1.24. The predicted octanol–water partition coefficient (Wildman–Crippen LogP) is 1.12. The van der Waals surface area contributed by atoms with Crippen LogP contribution in [0.4, 0.5) is 13.2 Å². The molecule has 0 atom stereocenters. The number of rotatable bonds is 3. The lowest BCUT2D eigenvalue weighted by atomic mass is 10.2. The van der Waals surface area contributed by atoms with Crippen LogP contribution in [-0.2, 0) is 6.54 Å². The molecule has 1 aromatic rings. The molecule has 0 spiro atoms. The van der Waals surface area contributed by atoms with E-state index in [1.165, 1.54) is 0 Å². The monoisotopic (exact) mass is 251 g/mol. The Kier molecular flexibility index (Phi) is 3.45. The molecule has 5 nitrogen and oxygen atoms in total. The summed E-state index contributed by atoms with van der Waals surface area (Å²) in [4.78, 5) is 22.2. The standard InChI is InChI=1S/C9H8F3NO4/c1-17-6-5(8(15)16)2-3-13(7(6)14)4-9(10,11)12/h2-3H,4H2,1H3,(H,15,16). The van der Waals surface area contributed by atoms with Crippen molar-refractivity contribution in [2.75, 3.05) is 7.11 Å². The lowest BCUT2D eigenvalue weighted by Crippen LogP contribution is -2.29. The summed E-state index contributed by atoms with van der Waals surface area (Å²) in [7, 11) is 1.01. The molecule has 1 rings (SSSR count). The summed E-state index contributed by atoms with van der Waals surface area (Å²) >= 11 is 0. The predicted molar refractivity (Wildman–Crippen MR) is 50.3 cm³/mol. The molecule has 1 N–H and O–H groups in total. The van der Waals surface area contributed by atoms with Gasteiger partial charge in [-0.1, -0.05) is 0 Å². The van der Waals surface area contributed by atoms with E-state index in [0.29, 0.717) is 4.57 Å². The van der Waals surface area contributed by atoms with Gasteiger partial charge in [0.1, 0.15) is 12.1 Å². The first-order valence-electron chi connectivity index (χ1n) is 4.33. The number of ether oxygens (including phenoxy) is 1. The van der Waals surface area contributed by atoms with E-state index in [1.54, 1.807) is 0 Å². The zero-order valence-corrected chi connectivity index (χ0v) is 8.61. The first kappa shape index (κ1) is 13.1. The van der Waals surface area contributed by atoms with Gasteiger partial charge >= 0.3 is 12.1 Å². The average molecular weight is 251 g/mol. The highest BCUT2D eigenvalue weighted by Crippen LogP contribution is 2.18. The molecule has 0 aliphatic heterocycles. The summed E-state index contributed by atoms with van der Waals surface area (Å²) in [6.45, 7) is -1.50. The Labute approximate surface area is 93.0 Å². The van der Waals surface area contributed by atoms with E-state index in [1.807, 2.05) is 0 Å². The van der Waals surface area contributed by atoms with Gasteiger partial charge in [-0.3, -0.25) is 4.79 Å². The number of pyridine rings is 1. The lowest BCUT2D eigenvalue weighted by molar-refractivity contribution is -0.141. The van der Waals surface area contributed by atoms with Gasteiger partial charge in [-0.25, -0.2) is 4.79 Å². The molecule has 8 heteroatoms. The third-order valence-electron chi connectivity index (χ3n) is 1.91. The second kappa shape index (κ2) is 4.48. The molecule has 94 valence electrons. The highest BCUT2D eigenvalue weighted by atomic mass is 19.4. The van der Waals surface area contributed by atoms with Gasteiger partial charge in [-0.05, 0) is 6.07 Å². The quantitative estimate of drug-likeness (QED) is 0.873. The number of alkyl halides is 3. The van der Waals surface area contributed by atoms with Gasteiger partial charge < -0.3 is 14.4 Å². The Morgan fingerprint density at radius 2 is 2.12 bits per heavy atom. The molecule has 0 aliphatic carbocycles. The van der Waals surface area contributed by atoms with Gasteiger partial charge in [0, 0.05) is 6.20 Å². The SMILES string of the molecule is COc1c(C(=O)O)ccn(CC(F)(F)F)c1=O. The van der Waals surface area contributed by atoms with Crippen molar-refractivity contribution in [2.24, 2.45) is 0 Å². The van der Waals surface area contributed by atoms with Gasteiger partial charge in [0.15, 0.2) is 5.75 Å². The molecule has 17 heavy (non-hydrogen) atoms. The molecule has 0 aromatic carbocycles. The summed E-state index contributed by atoms with van der Waals surface area (Å²) in [6, 6.07) is 0.883. The van der Waals surface area contributed by atoms with Crippen LogP contribution >= 0.6 is 0 Å². The number of halogens is 3. The van der Waals surface area contributed by atoms with E-state index in [0.717, 1.165) is 19.4 Å². The molecule has 0 aliphatic rings. The van der Waals surface area contributed by atoms with Crippen molar-refractivity contribution < 1.29 is 27.8 Å². The topological polar surface area (TPSA) is 68.5 Å². The summed E-state index contributed by atoms with van der Waals surface area (Å²) in [5, 5.41) is 8.69. The Morgan fingerprint density at radius 3 is 2.53 bits per heavy atom. The molecule has 0 fully saturated rings. The molecular weight excluding hydrogens is 243 g/mol. The van der Waals surface area contributed by atoms with Crippen molar-refractivity contribution in [3.63, 3.8) is 0 Å². The van der Waals surface area contributed by atoms with Crippen LogP contribution in [0.1, 0.15) is 10.4 Å². The van der Waals surface area contributed by atoms with Gasteiger partial charge in [0.2, 0.25) is 0 Å².